The van der Waals surface area contributed by atoms with Crippen molar-refractivity contribution in [3.8, 4) is 0 Å². The average molecular weight is 200 g/mol. The summed E-state index contributed by atoms with van der Waals surface area (Å²) < 4.78 is 0. The lowest BCUT2D eigenvalue weighted by molar-refractivity contribution is 0.763. The van der Waals surface area contributed by atoms with Gasteiger partial charge in [0.1, 0.15) is 0 Å². The summed E-state index contributed by atoms with van der Waals surface area (Å²) in [6, 6.07) is 10.4. The number of hydrogen-bond acceptors (Lipinski definition) is 0. The highest BCUT2D eigenvalue weighted by molar-refractivity contribution is 5.64. The van der Waals surface area contributed by atoms with Crippen LogP contribution in [0.5, 0.6) is 0 Å². The minimum Gasteiger partial charge on any atom is -0.0950 e. The van der Waals surface area contributed by atoms with E-state index in [2.05, 4.69) is 57.7 Å². The van der Waals surface area contributed by atoms with Crippen LogP contribution in [0.3, 0.4) is 0 Å². The van der Waals surface area contributed by atoms with Gasteiger partial charge in [0, 0.05) is 0 Å². The van der Waals surface area contributed by atoms with Crippen LogP contribution < -0.4 is 0 Å². The fourth-order valence-corrected chi connectivity index (χ4v) is 1.49. The Balaban J connectivity index is 2.65. The van der Waals surface area contributed by atoms with E-state index in [1.54, 1.807) is 0 Å². The van der Waals surface area contributed by atoms with Gasteiger partial charge >= 0.3 is 0 Å². The highest BCUT2D eigenvalue weighted by Crippen LogP contribution is 2.24. The summed E-state index contributed by atoms with van der Waals surface area (Å²) in [5, 5.41) is 0. The third-order valence-electron chi connectivity index (χ3n) is 2.62. The summed E-state index contributed by atoms with van der Waals surface area (Å²) in [5.41, 5.74) is 3.86. The molecule has 0 radical (unpaired) electrons. The van der Waals surface area contributed by atoms with Crippen LogP contribution in [0.4, 0.5) is 0 Å². The molecule has 80 valence electrons. The van der Waals surface area contributed by atoms with Gasteiger partial charge in [-0.1, -0.05) is 55.5 Å². The van der Waals surface area contributed by atoms with Crippen molar-refractivity contribution >= 4 is 5.57 Å². The molecule has 0 amide bonds. The van der Waals surface area contributed by atoms with E-state index in [0.717, 1.165) is 6.42 Å². The van der Waals surface area contributed by atoms with Crippen LogP contribution in [0, 0.1) is 5.92 Å². The van der Waals surface area contributed by atoms with E-state index in [0.29, 0.717) is 5.92 Å². The number of benzene rings is 1. The molecule has 1 atom stereocenters. The molecule has 0 bridgehead atoms. The highest BCUT2D eigenvalue weighted by Gasteiger charge is 2.06. The van der Waals surface area contributed by atoms with Crippen LogP contribution in [-0.4, -0.2) is 0 Å². The first-order valence-corrected chi connectivity index (χ1v) is 5.49. The molecule has 0 heterocycles. The van der Waals surface area contributed by atoms with Crippen molar-refractivity contribution < 1.29 is 0 Å². The second kappa shape index (κ2) is 5.55. The molecule has 1 unspecified atom stereocenters. The van der Waals surface area contributed by atoms with Crippen molar-refractivity contribution in [3.63, 3.8) is 0 Å². The standard InChI is InChI=1S/C15H20/c1-12(2)10-11-13(3)14(4)15-8-6-5-7-9-15/h5-10,13H,4,11H2,1-3H3. The Hall–Kier alpha value is -1.30. The molecular formula is C15H20. The molecular weight excluding hydrogens is 180 g/mol. The van der Waals surface area contributed by atoms with Crippen LogP contribution in [0.15, 0.2) is 48.6 Å². The van der Waals surface area contributed by atoms with Crippen molar-refractivity contribution in [2.75, 3.05) is 0 Å². The van der Waals surface area contributed by atoms with Crippen LogP contribution in [0.2, 0.25) is 0 Å². The predicted molar refractivity (Wildman–Crippen MR) is 68.7 cm³/mol. The van der Waals surface area contributed by atoms with Crippen molar-refractivity contribution in [2.24, 2.45) is 5.92 Å². The fourth-order valence-electron chi connectivity index (χ4n) is 1.49. The SMILES string of the molecule is C=C(c1ccccc1)C(C)CC=C(C)C. The fraction of sp³-hybridized carbons (Fsp3) is 0.333. The maximum absolute atomic E-state index is 4.17. The van der Waals surface area contributed by atoms with E-state index < -0.39 is 0 Å². The molecule has 1 aromatic rings. The molecule has 15 heavy (non-hydrogen) atoms. The van der Waals surface area contributed by atoms with Gasteiger partial charge in [0.15, 0.2) is 0 Å². The van der Waals surface area contributed by atoms with Gasteiger partial charge in [0.05, 0.1) is 0 Å². The molecule has 1 rings (SSSR count). The van der Waals surface area contributed by atoms with E-state index in [1.165, 1.54) is 16.7 Å². The Morgan fingerprint density at radius 3 is 2.40 bits per heavy atom. The van der Waals surface area contributed by atoms with E-state index in [-0.39, 0.29) is 0 Å². The molecule has 0 saturated heterocycles. The van der Waals surface area contributed by atoms with Gasteiger partial charge < -0.3 is 0 Å². The van der Waals surface area contributed by atoms with Gasteiger partial charge in [-0.15, -0.1) is 0 Å². The van der Waals surface area contributed by atoms with E-state index in [4.69, 9.17) is 0 Å². The Kier molecular flexibility index (Phi) is 4.36. The first-order chi connectivity index (χ1) is 7.11. The Bertz CT molecular complexity index is 340. The molecule has 0 nitrogen and oxygen atoms in total. The minimum absolute atomic E-state index is 0.516. The Labute approximate surface area is 93.3 Å². The molecule has 0 heteroatoms. The molecule has 0 aliphatic carbocycles. The van der Waals surface area contributed by atoms with Gasteiger partial charge in [-0.3, -0.25) is 0 Å². The monoisotopic (exact) mass is 200 g/mol. The van der Waals surface area contributed by atoms with Crippen LogP contribution in [0.25, 0.3) is 5.57 Å². The minimum atomic E-state index is 0.516. The summed E-state index contributed by atoms with van der Waals surface area (Å²) in [5.74, 6) is 0.516. The number of rotatable bonds is 4. The van der Waals surface area contributed by atoms with Gasteiger partial charge in [0.2, 0.25) is 0 Å². The van der Waals surface area contributed by atoms with Crippen molar-refractivity contribution in [1.82, 2.24) is 0 Å². The lowest BCUT2D eigenvalue weighted by atomic mass is 9.92. The lowest BCUT2D eigenvalue weighted by Gasteiger charge is -2.13. The largest absolute Gasteiger partial charge is 0.0950 e. The molecule has 0 aromatic heterocycles. The van der Waals surface area contributed by atoms with Crippen LogP contribution >= 0.6 is 0 Å². The predicted octanol–water partition coefficient (Wildman–Crippen LogP) is 4.69. The summed E-state index contributed by atoms with van der Waals surface area (Å²) in [4.78, 5) is 0. The van der Waals surface area contributed by atoms with Crippen molar-refractivity contribution in [2.45, 2.75) is 27.2 Å². The number of allylic oxidation sites excluding steroid dienone is 3. The summed E-state index contributed by atoms with van der Waals surface area (Å²) in [6.45, 7) is 10.7. The molecule has 0 fully saturated rings. The van der Waals surface area contributed by atoms with E-state index >= 15 is 0 Å². The topological polar surface area (TPSA) is 0 Å². The molecule has 0 N–H and O–H groups in total. The van der Waals surface area contributed by atoms with E-state index in [1.807, 2.05) is 6.07 Å². The smallest absolute Gasteiger partial charge is 0.0156 e. The third-order valence-corrected chi connectivity index (χ3v) is 2.62. The average Bonchev–Trinajstić information content (AvgIpc) is 2.26. The Morgan fingerprint density at radius 1 is 1.27 bits per heavy atom. The molecule has 0 aliphatic rings. The summed E-state index contributed by atoms with van der Waals surface area (Å²) >= 11 is 0. The van der Waals surface area contributed by atoms with Gasteiger partial charge in [-0.25, -0.2) is 0 Å². The normalized spacial score (nSPS) is 11.9. The van der Waals surface area contributed by atoms with Crippen molar-refractivity contribution in [3.05, 3.63) is 54.1 Å². The highest BCUT2D eigenvalue weighted by atomic mass is 14.1. The van der Waals surface area contributed by atoms with Gasteiger partial charge in [-0.2, -0.15) is 0 Å². The Morgan fingerprint density at radius 2 is 1.87 bits per heavy atom. The zero-order valence-electron chi connectivity index (χ0n) is 9.96. The molecule has 0 aliphatic heterocycles. The van der Waals surface area contributed by atoms with Crippen molar-refractivity contribution in [1.29, 1.82) is 0 Å². The second-order valence-corrected chi connectivity index (χ2v) is 4.31. The summed E-state index contributed by atoms with van der Waals surface area (Å²) in [6.07, 6.45) is 3.36. The maximum Gasteiger partial charge on any atom is -0.0156 e. The zero-order valence-corrected chi connectivity index (χ0v) is 9.96. The first-order valence-electron chi connectivity index (χ1n) is 5.49. The lowest BCUT2D eigenvalue weighted by Crippen LogP contribution is -1.96. The maximum atomic E-state index is 4.17. The van der Waals surface area contributed by atoms with Crippen LogP contribution in [0.1, 0.15) is 32.8 Å². The van der Waals surface area contributed by atoms with Gasteiger partial charge in [0.25, 0.3) is 0 Å². The molecule has 1 aromatic carbocycles. The first kappa shape index (κ1) is 11.8. The van der Waals surface area contributed by atoms with Gasteiger partial charge in [-0.05, 0) is 37.3 Å². The zero-order chi connectivity index (χ0) is 11.3. The second-order valence-electron chi connectivity index (χ2n) is 4.31. The van der Waals surface area contributed by atoms with E-state index in [9.17, 15) is 0 Å². The number of hydrogen-bond donors (Lipinski definition) is 0. The third kappa shape index (κ3) is 3.75. The van der Waals surface area contributed by atoms with Crippen LogP contribution in [-0.2, 0) is 0 Å². The quantitative estimate of drug-likeness (QED) is 0.618. The molecule has 0 saturated carbocycles. The summed E-state index contributed by atoms with van der Waals surface area (Å²) in [7, 11) is 0. The molecule has 0 spiro atoms.